The van der Waals surface area contributed by atoms with Gasteiger partial charge in [0.1, 0.15) is 6.23 Å². The van der Waals surface area contributed by atoms with Crippen molar-refractivity contribution < 1.29 is 14.7 Å². The standard InChI is InChI=1S/C20H25N5O3/c1-3-18-23-19(24-28-18)14-4-6-16-13(8-14)5-7-17(16)22-20(27)15-9-21-25(11-15)10-12(2)26/h4,6,8-9,11-12,17,20,22,26-27H,3,5,7,10H2,1-2H3/t12-,17+,20?/m0/s1. The van der Waals surface area contributed by atoms with Crippen LogP contribution in [0.15, 0.2) is 35.1 Å². The lowest BCUT2D eigenvalue weighted by Crippen LogP contribution is -2.24. The highest BCUT2D eigenvalue weighted by Crippen LogP contribution is 2.35. The van der Waals surface area contributed by atoms with Crippen molar-refractivity contribution in [1.29, 1.82) is 0 Å². The molecule has 1 aliphatic carbocycles. The van der Waals surface area contributed by atoms with E-state index in [1.54, 1.807) is 24.0 Å². The van der Waals surface area contributed by atoms with Crippen LogP contribution in [-0.4, -0.2) is 36.2 Å². The minimum absolute atomic E-state index is 0.0654. The highest BCUT2D eigenvalue weighted by atomic mass is 16.5. The zero-order chi connectivity index (χ0) is 19.7. The lowest BCUT2D eigenvalue weighted by Gasteiger charge is -2.18. The molecule has 8 nitrogen and oxygen atoms in total. The number of aromatic nitrogens is 4. The minimum Gasteiger partial charge on any atom is -0.391 e. The van der Waals surface area contributed by atoms with E-state index in [0.29, 0.717) is 23.8 Å². The molecule has 0 saturated heterocycles. The van der Waals surface area contributed by atoms with E-state index in [4.69, 9.17) is 4.52 Å². The summed E-state index contributed by atoms with van der Waals surface area (Å²) in [5, 5.41) is 31.5. The number of aryl methyl sites for hydroxylation is 2. The Bertz CT molecular complexity index is 949. The van der Waals surface area contributed by atoms with Gasteiger partial charge in [-0.3, -0.25) is 10.00 Å². The molecule has 28 heavy (non-hydrogen) atoms. The predicted octanol–water partition coefficient (Wildman–Crippen LogP) is 2.14. The second-order valence-corrected chi connectivity index (χ2v) is 7.28. The first-order valence-electron chi connectivity index (χ1n) is 9.63. The van der Waals surface area contributed by atoms with Crippen molar-refractivity contribution in [2.45, 2.75) is 58.0 Å². The summed E-state index contributed by atoms with van der Waals surface area (Å²) in [4.78, 5) is 4.39. The summed E-state index contributed by atoms with van der Waals surface area (Å²) in [7, 11) is 0. The molecule has 1 aliphatic rings. The molecular formula is C20H25N5O3. The fourth-order valence-electron chi connectivity index (χ4n) is 3.62. The molecule has 148 valence electrons. The quantitative estimate of drug-likeness (QED) is 0.536. The smallest absolute Gasteiger partial charge is 0.226 e. The van der Waals surface area contributed by atoms with Crippen LogP contribution in [0.2, 0.25) is 0 Å². The third-order valence-electron chi connectivity index (χ3n) is 5.03. The number of rotatable bonds is 7. The van der Waals surface area contributed by atoms with Crippen LogP contribution in [0.25, 0.3) is 11.4 Å². The van der Waals surface area contributed by atoms with Crippen LogP contribution in [-0.2, 0) is 19.4 Å². The van der Waals surface area contributed by atoms with Crippen molar-refractivity contribution in [3.63, 3.8) is 0 Å². The first-order chi connectivity index (χ1) is 13.5. The van der Waals surface area contributed by atoms with Gasteiger partial charge in [-0.2, -0.15) is 10.1 Å². The topological polar surface area (TPSA) is 109 Å². The summed E-state index contributed by atoms with van der Waals surface area (Å²) in [5.41, 5.74) is 4.04. The van der Waals surface area contributed by atoms with Gasteiger partial charge in [0.25, 0.3) is 0 Å². The van der Waals surface area contributed by atoms with E-state index in [2.05, 4.69) is 32.7 Å². The van der Waals surface area contributed by atoms with Gasteiger partial charge in [0.2, 0.25) is 11.7 Å². The van der Waals surface area contributed by atoms with Crippen molar-refractivity contribution in [3.8, 4) is 11.4 Å². The maximum absolute atomic E-state index is 10.6. The molecular weight excluding hydrogens is 358 g/mol. The average Bonchev–Trinajstić information content (AvgIpc) is 3.40. The van der Waals surface area contributed by atoms with Crippen LogP contribution < -0.4 is 5.32 Å². The summed E-state index contributed by atoms with van der Waals surface area (Å²) in [6.45, 7) is 4.09. The zero-order valence-corrected chi connectivity index (χ0v) is 16.0. The summed E-state index contributed by atoms with van der Waals surface area (Å²) in [5.74, 6) is 1.25. The Morgan fingerprint density at radius 1 is 1.36 bits per heavy atom. The second kappa shape index (κ2) is 7.83. The highest BCUT2D eigenvalue weighted by molar-refractivity contribution is 5.58. The molecule has 0 spiro atoms. The molecule has 1 unspecified atom stereocenters. The van der Waals surface area contributed by atoms with Crippen molar-refractivity contribution in [1.82, 2.24) is 25.2 Å². The molecule has 0 radical (unpaired) electrons. The van der Waals surface area contributed by atoms with Crippen molar-refractivity contribution >= 4 is 0 Å². The maximum atomic E-state index is 10.6. The van der Waals surface area contributed by atoms with Crippen LogP contribution in [0.4, 0.5) is 0 Å². The van der Waals surface area contributed by atoms with Crippen LogP contribution in [0, 0.1) is 0 Å². The number of nitrogens with one attached hydrogen (secondary N) is 1. The van der Waals surface area contributed by atoms with Gasteiger partial charge in [-0.15, -0.1) is 0 Å². The predicted molar refractivity (Wildman–Crippen MR) is 102 cm³/mol. The van der Waals surface area contributed by atoms with E-state index in [1.807, 2.05) is 13.0 Å². The molecule has 0 saturated carbocycles. The van der Waals surface area contributed by atoms with Crippen LogP contribution in [0.3, 0.4) is 0 Å². The molecule has 0 fully saturated rings. The Labute approximate surface area is 163 Å². The molecule has 1 aromatic carbocycles. The highest BCUT2D eigenvalue weighted by Gasteiger charge is 2.26. The van der Waals surface area contributed by atoms with Gasteiger partial charge in [0.05, 0.1) is 18.8 Å². The van der Waals surface area contributed by atoms with Crippen LogP contribution in [0.5, 0.6) is 0 Å². The Morgan fingerprint density at radius 3 is 2.96 bits per heavy atom. The molecule has 0 amide bonds. The van der Waals surface area contributed by atoms with Gasteiger partial charge in [-0.25, -0.2) is 0 Å². The van der Waals surface area contributed by atoms with Crippen molar-refractivity contribution in [3.05, 3.63) is 53.2 Å². The second-order valence-electron chi connectivity index (χ2n) is 7.28. The molecule has 8 heteroatoms. The van der Waals surface area contributed by atoms with E-state index in [1.165, 1.54) is 11.1 Å². The number of fused-ring (bicyclic) bond motifs is 1. The normalized spacial score (nSPS) is 18.2. The first kappa shape index (κ1) is 18.8. The summed E-state index contributed by atoms with van der Waals surface area (Å²) in [6.07, 6.45) is 4.63. The Morgan fingerprint density at radius 2 is 2.21 bits per heavy atom. The molecule has 3 N–H and O–H groups in total. The maximum Gasteiger partial charge on any atom is 0.226 e. The average molecular weight is 383 g/mol. The van der Waals surface area contributed by atoms with Gasteiger partial charge >= 0.3 is 0 Å². The number of nitrogens with zero attached hydrogens (tertiary/aromatic N) is 4. The molecule has 2 aromatic heterocycles. The Balaban J connectivity index is 1.46. The number of benzene rings is 1. The lowest BCUT2D eigenvalue weighted by atomic mass is 10.0. The number of hydrogen-bond donors (Lipinski definition) is 3. The van der Waals surface area contributed by atoms with Crippen molar-refractivity contribution in [2.75, 3.05) is 0 Å². The molecule has 3 atom stereocenters. The summed E-state index contributed by atoms with van der Waals surface area (Å²) >= 11 is 0. The van der Waals surface area contributed by atoms with Gasteiger partial charge in [0.15, 0.2) is 0 Å². The number of aliphatic hydroxyl groups is 2. The van der Waals surface area contributed by atoms with Gasteiger partial charge in [0, 0.05) is 29.8 Å². The van der Waals surface area contributed by atoms with Crippen LogP contribution in [0.1, 0.15) is 55.1 Å². The monoisotopic (exact) mass is 383 g/mol. The first-order valence-corrected chi connectivity index (χ1v) is 9.63. The van der Waals surface area contributed by atoms with E-state index >= 15 is 0 Å². The van der Waals surface area contributed by atoms with E-state index < -0.39 is 12.3 Å². The zero-order valence-electron chi connectivity index (χ0n) is 16.0. The fraction of sp³-hybridized carbons (Fsp3) is 0.450. The third-order valence-corrected chi connectivity index (χ3v) is 5.03. The third kappa shape index (κ3) is 3.84. The SMILES string of the molecule is CCc1nc(-c2ccc3c(c2)CC[C@H]3NC(O)c2cnn(C[C@H](C)O)c2)no1. The van der Waals surface area contributed by atoms with Gasteiger partial charge in [-0.05, 0) is 37.0 Å². The Kier molecular flexibility index (Phi) is 5.25. The van der Waals surface area contributed by atoms with E-state index in [0.717, 1.165) is 24.8 Å². The number of hydrogen-bond acceptors (Lipinski definition) is 7. The minimum atomic E-state index is -0.817. The fourth-order valence-corrected chi connectivity index (χ4v) is 3.62. The molecule has 0 aliphatic heterocycles. The largest absolute Gasteiger partial charge is 0.391 e. The molecule has 2 heterocycles. The summed E-state index contributed by atoms with van der Waals surface area (Å²) < 4.78 is 6.84. The molecule has 3 aromatic rings. The van der Waals surface area contributed by atoms with Gasteiger partial charge < -0.3 is 14.7 Å². The Hall–Kier alpha value is -2.55. The van der Waals surface area contributed by atoms with Crippen LogP contribution >= 0.6 is 0 Å². The van der Waals surface area contributed by atoms with Crippen molar-refractivity contribution in [2.24, 2.45) is 0 Å². The molecule has 0 bridgehead atoms. The van der Waals surface area contributed by atoms with Gasteiger partial charge in [-0.1, -0.05) is 24.2 Å². The van der Waals surface area contributed by atoms with E-state index in [-0.39, 0.29) is 6.04 Å². The summed E-state index contributed by atoms with van der Waals surface area (Å²) in [6, 6.07) is 6.24. The van der Waals surface area contributed by atoms with E-state index in [9.17, 15) is 10.2 Å². The lowest BCUT2D eigenvalue weighted by molar-refractivity contribution is 0.122. The molecule has 4 rings (SSSR count). The number of aliphatic hydroxyl groups excluding tert-OH is 2.